The first-order valence-electron chi connectivity index (χ1n) is 5.46. The summed E-state index contributed by atoms with van der Waals surface area (Å²) in [4.78, 5) is -0.104. The highest BCUT2D eigenvalue weighted by atomic mass is 79.9. The van der Waals surface area contributed by atoms with Gasteiger partial charge in [0, 0.05) is 13.0 Å². The summed E-state index contributed by atoms with van der Waals surface area (Å²) in [7, 11) is -3.71. The van der Waals surface area contributed by atoms with Crippen LogP contribution in [-0.2, 0) is 16.4 Å². The largest absolute Gasteiger partial charge is 0.469 e. The lowest BCUT2D eigenvalue weighted by atomic mass is 10.3. The van der Waals surface area contributed by atoms with Gasteiger partial charge in [0.25, 0.3) is 0 Å². The normalized spacial score (nSPS) is 11.7. The molecule has 0 aliphatic rings. The van der Waals surface area contributed by atoms with E-state index < -0.39 is 15.8 Å². The van der Waals surface area contributed by atoms with Crippen LogP contribution in [0.2, 0.25) is 0 Å². The highest BCUT2D eigenvalue weighted by molar-refractivity contribution is 9.10. The van der Waals surface area contributed by atoms with Crippen molar-refractivity contribution in [2.45, 2.75) is 11.3 Å². The van der Waals surface area contributed by atoms with Crippen LogP contribution >= 0.6 is 15.9 Å². The van der Waals surface area contributed by atoms with Crippen molar-refractivity contribution < 1.29 is 17.2 Å². The van der Waals surface area contributed by atoms with Crippen LogP contribution in [0, 0.1) is 5.82 Å². The van der Waals surface area contributed by atoms with Crippen LogP contribution < -0.4 is 4.72 Å². The molecule has 2 aromatic rings. The molecule has 0 aliphatic carbocycles. The first-order valence-corrected chi connectivity index (χ1v) is 7.74. The fourth-order valence-corrected chi connectivity index (χ4v) is 2.78. The van der Waals surface area contributed by atoms with E-state index >= 15 is 0 Å². The lowest BCUT2D eigenvalue weighted by Gasteiger charge is -2.06. The van der Waals surface area contributed by atoms with Crippen molar-refractivity contribution in [1.29, 1.82) is 0 Å². The Bertz CT molecular complexity index is 656. The first-order chi connectivity index (χ1) is 8.99. The number of benzene rings is 1. The molecule has 0 bridgehead atoms. The topological polar surface area (TPSA) is 59.3 Å². The third-order valence-electron chi connectivity index (χ3n) is 2.44. The van der Waals surface area contributed by atoms with Gasteiger partial charge in [0.15, 0.2) is 0 Å². The van der Waals surface area contributed by atoms with Gasteiger partial charge in [0.1, 0.15) is 11.6 Å². The molecule has 0 amide bonds. The summed E-state index contributed by atoms with van der Waals surface area (Å²) in [5.74, 6) is 0.0681. The SMILES string of the molecule is O=S(=O)(NCCc1ccco1)c1ccc(Br)c(F)c1. The first kappa shape index (κ1) is 14.2. The van der Waals surface area contributed by atoms with Crippen molar-refractivity contribution in [3.8, 4) is 0 Å². The van der Waals surface area contributed by atoms with E-state index in [1.807, 2.05) is 0 Å². The van der Waals surface area contributed by atoms with E-state index in [1.54, 1.807) is 12.1 Å². The van der Waals surface area contributed by atoms with Gasteiger partial charge < -0.3 is 4.42 Å². The van der Waals surface area contributed by atoms with Crippen LogP contribution in [0.1, 0.15) is 5.76 Å². The monoisotopic (exact) mass is 347 g/mol. The fourth-order valence-electron chi connectivity index (χ4n) is 1.49. The molecule has 1 heterocycles. The van der Waals surface area contributed by atoms with E-state index in [9.17, 15) is 12.8 Å². The fraction of sp³-hybridized carbons (Fsp3) is 0.167. The average Bonchev–Trinajstić information content (AvgIpc) is 2.85. The van der Waals surface area contributed by atoms with Crippen molar-refractivity contribution >= 4 is 26.0 Å². The Morgan fingerprint density at radius 2 is 2.11 bits per heavy atom. The molecule has 0 fully saturated rings. The van der Waals surface area contributed by atoms with Crippen LogP contribution in [-0.4, -0.2) is 15.0 Å². The second-order valence-corrected chi connectivity index (χ2v) is 6.42. The number of hydrogen-bond acceptors (Lipinski definition) is 3. The minimum absolute atomic E-state index is 0.104. The van der Waals surface area contributed by atoms with Gasteiger partial charge in [-0.25, -0.2) is 17.5 Å². The van der Waals surface area contributed by atoms with Crippen molar-refractivity contribution in [1.82, 2.24) is 4.72 Å². The quantitative estimate of drug-likeness (QED) is 0.904. The Hall–Kier alpha value is -1.18. The summed E-state index contributed by atoms with van der Waals surface area (Å²) in [5.41, 5.74) is 0. The van der Waals surface area contributed by atoms with E-state index in [0.717, 1.165) is 6.07 Å². The molecular formula is C12H11BrFNO3S. The number of rotatable bonds is 5. The lowest BCUT2D eigenvalue weighted by molar-refractivity contribution is 0.505. The summed E-state index contributed by atoms with van der Waals surface area (Å²) in [5, 5.41) is 0. The van der Waals surface area contributed by atoms with Crippen LogP contribution in [0.25, 0.3) is 0 Å². The number of halogens is 2. The van der Waals surface area contributed by atoms with Gasteiger partial charge >= 0.3 is 0 Å². The molecule has 7 heteroatoms. The second-order valence-electron chi connectivity index (χ2n) is 3.80. The Labute approximate surface area is 118 Å². The predicted octanol–water partition coefficient (Wildman–Crippen LogP) is 2.70. The number of furan rings is 1. The van der Waals surface area contributed by atoms with Gasteiger partial charge in [-0.3, -0.25) is 0 Å². The Morgan fingerprint density at radius 1 is 1.32 bits per heavy atom. The van der Waals surface area contributed by atoms with E-state index in [0.29, 0.717) is 12.2 Å². The highest BCUT2D eigenvalue weighted by Crippen LogP contribution is 2.19. The number of nitrogens with one attached hydrogen (secondary N) is 1. The van der Waals surface area contributed by atoms with Gasteiger partial charge in [-0.1, -0.05) is 0 Å². The summed E-state index contributed by atoms with van der Waals surface area (Å²) in [6, 6.07) is 7.15. The predicted molar refractivity (Wildman–Crippen MR) is 71.7 cm³/mol. The second kappa shape index (κ2) is 5.85. The van der Waals surface area contributed by atoms with Gasteiger partial charge in [0.05, 0.1) is 15.6 Å². The third kappa shape index (κ3) is 3.65. The third-order valence-corrected chi connectivity index (χ3v) is 4.55. The highest BCUT2D eigenvalue weighted by Gasteiger charge is 2.15. The van der Waals surface area contributed by atoms with E-state index in [4.69, 9.17) is 4.42 Å². The number of sulfonamides is 1. The molecule has 4 nitrogen and oxygen atoms in total. The molecule has 102 valence electrons. The van der Waals surface area contributed by atoms with E-state index in [-0.39, 0.29) is 15.9 Å². The van der Waals surface area contributed by atoms with Crippen LogP contribution in [0.3, 0.4) is 0 Å². The molecular weight excluding hydrogens is 337 g/mol. The summed E-state index contributed by atoms with van der Waals surface area (Å²) < 4.78 is 44.8. The van der Waals surface area contributed by atoms with Gasteiger partial charge in [-0.05, 0) is 46.3 Å². The number of hydrogen-bond donors (Lipinski definition) is 1. The zero-order chi connectivity index (χ0) is 13.9. The average molecular weight is 348 g/mol. The smallest absolute Gasteiger partial charge is 0.240 e. The summed E-state index contributed by atoms with van der Waals surface area (Å²) in [6.07, 6.45) is 1.96. The molecule has 1 N–H and O–H groups in total. The standard InChI is InChI=1S/C12H11BrFNO3S/c13-11-4-3-10(8-12(11)14)19(16,17)15-6-5-9-2-1-7-18-9/h1-4,7-8,15H,5-6H2. The molecule has 0 saturated carbocycles. The molecule has 2 rings (SSSR count). The van der Waals surface area contributed by atoms with Crippen molar-refractivity contribution in [2.24, 2.45) is 0 Å². The van der Waals surface area contributed by atoms with Crippen molar-refractivity contribution in [3.05, 3.63) is 52.6 Å². The summed E-state index contributed by atoms with van der Waals surface area (Å²) >= 11 is 2.97. The zero-order valence-electron chi connectivity index (χ0n) is 9.77. The molecule has 0 radical (unpaired) electrons. The zero-order valence-corrected chi connectivity index (χ0v) is 12.2. The molecule has 19 heavy (non-hydrogen) atoms. The summed E-state index contributed by atoms with van der Waals surface area (Å²) in [6.45, 7) is 0.188. The molecule has 0 unspecified atom stereocenters. The van der Waals surface area contributed by atoms with Crippen molar-refractivity contribution in [3.63, 3.8) is 0 Å². The van der Waals surface area contributed by atoms with Gasteiger partial charge in [-0.2, -0.15) is 0 Å². The maximum Gasteiger partial charge on any atom is 0.240 e. The van der Waals surface area contributed by atoms with Crippen LogP contribution in [0.15, 0.2) is 50.4 Å². The Kier molecular flexibility index (Phi) is 4.38. The van der Waals surface area contributed by atoms with E-state index in [1.165, 1.54) is 18.4 Å². The Morgan fingerprint density at radius 3 is 2.74 bits per heavy atom. The van der Waals surface area contributed by atoms with Crippen LogP contribution in [0.5, 0.6) is 0 Å². The van der Waals surface area contributed by atoms with E-state index in [2.05, 4.69) is 20.7 Å². The lowest BCUT2D eigenvalue weighted by Crippen LogP contribution is -2.26. The van der Waals surface area contributed by atoms with Gasteiger partial charge in [-0.15, -0.1) is 0 Å². The maximum atomic E-state index is 13.3. The minimum atomic E-state index is -3.71. The molecule has 0 atom stereocenters. The van der Waals surface area contributed by atoms with Gasteiger partial charge in [0.2, 0.25) is 10.0 Å². The Balaban J connectivity index is 2.03. The molecule has 0 saturated heterocycles. The minimum Gasteiger partial charge on any atom is -0.469 e. The maximum absolute atomic E-state index is 13.3. The molecule has 0 aliphatic heterocycles. The molecule has 0 spiro atoms. The molecule has 1 aromatic heterocycles. The van der Waals surface area contributed by atoms with Crippen molar-refractivity contribution in [2.75, 3.05) is 6.54 Å². The van der Waals surface area contributed by atoms with Crippen LogP contribution in [0.4, 0.5) is 4.39 Å². The molecule has 1 aromatic carbocycles.